The number of nitrogens with one attached hydrogen (secondary N) is 2. The van der Waals surface area contributed by atoms with Gasteiger partial charge in [-0.1, -0.05) is 29.8 Å². The standard InChI is InChI=1S/C24H32ClN5O.HI/c1-17-5-10-21(25)13-22(17)30-12-11-19(16-30)15-28-24(26-2)27-14-18-6-8-20(9-7-18)23(31)29(3)4;/h5-10,13,19H,11-12,14-16H2,1-4H3,(H2,26,27,28);1H. The molecular formula is C24H33ClIN5O. The molecule has 0 spiro atoms. The molecule has 1 fully saturated rings. The van der Waals surface area contributed by atoms with E-state index in [4.69, 9.17) is 11.6 Å². The van der Waals surface area contributed by atoms with Crippen LogP contribution < -0.4 is 15.5 Å². The van der Waals surface area contributed by atoms with Gasteiger partial charge in [0.2, 0.25) is 0 Å². The highest BCUT2D eigenvalue weighted by atomic mass is 127. The SMILES string of the molecule is CN=C(NCc1ccc(C(=O)N(C)C)cc1)NCC1CCN(c2cc(Cl)ccc2C)C1.I. The number of guanidine groups is 1. The number of nitrogens with zero attached hydrogens (tertiary/aromatic N) is 3. The Morgan fingerprint density at radius 3 is 2.56 bits per heavy atom. The van der Waals surface area contributed by atoms with Crippen LogP contribution in [0, 0.1) is 12.8 Å². The molecule has 0 aliphatic carbocycles. The van der Waals surface area contributed by atoms with E-state index in [0.29, 0.717) is 18.0 Å². The zero-order valence-corrected chi connectivity index (χ0v) is 22.3. The molecule has 8 heteroatoms. The number of aliphatic imine (C=N–C) groups is 1. The Hall–Kier alpha value is -2.00. The third kappa shape index (κ3) is 7.00. The number of aryl methyl sites for hydroxylation is 1. The van der Waals surface area contributed by atoms with Crippen LogP contribution in [0.1, 0.15) is 27.9 Å². The van der Waals surface area contributed by atoms with Gasteiger partial charge in [-0.05, 0) is 54.7 Å². The summed E-state index contributed by atoms with van der Waals surface area (Å²) in [5.74, 6) is 1.34. The second-order valence-corrected chi connectivity index (χ2v) is 8.67. The second-order valence-electron chi connectivity index (χ2n) is 8.23. The van der Waals surface area contributed by atoms with E-state index in [9.17, 15) is 4.79 Å². The van der Waals surface area contributed by atoms with E-state index in [2.05, 4.69) is 39.6 Å². The van der Waals surface area contributed by atoms with Crippen LogP contribution in [0.4, 0.5) is 5.69 Å². The zero-order valence-electron chi connectivity index (χ0n) is 19.2. The minimum absolute atomic E-state index is 0. The highest BCUT2D eigenvalue weighted by molar-refractivity contribution is 14.0. The van der Waals surface area contributed by atoms with Crippen LogP contribution in [0.3, 0.4) is 0 Å². The fourth-order valence-corrected chi connectivity index (χ4v) is 3.98. The average Bonchev–Trinajstić information content (AvgIpc) is 3.24. The van der Waals surface area contributed by atoms with E-state index in [-0.39, 0.29) is 29.9 Å². The number of hydrogen-bond acceptors (Lipinski definition) is 3. The molecule has 0 saturated carbocycles. The summed E-state index contributed by atoms with van der Waals surface area (Å²) in [6.45, 7) is 5.69. The smallest absolute Gasteiger partial charge is 0.253 e. The lowest BCUT2D eigenvalue weighted by molar-refractivity contribution is 0.0827. The first kappa shape index (κ1) is 26.3. The summed E-state index contributed by atoms with van der Waals surface area (Å²) >= 11 is 6.19. The van der Waals surface area contributed by atoms with Crippen LogP contribution in [0.2, 0.25) is 5.02 Å². The normalized spacial score (nSPS) is 15.8. The molecule has 1 amide bonds. The van der Waals surface area contributed by atoms with Crippen molar-refractivity contribution in [2.75, 3.05) is 45.7 Å². The van der Waals surface area contributed by atoms with Crippen LogP contribution in [-0.2, 0) is 6.54 Å². The van der Waals surface area contributed by atoms with E-state index in [1.54, 1.807) is 26.0 Å². The second kappa shape index (κ2) is 12.3. The van der Waals surface area contributed by atoms with E-state index < -0.39 is 0 Å². The van der Waals surface area contributed by atoms with Gasteiger partial charge in [0.25, 0.3) is 5.91 Å². The van der Waals surface area contributed by atoms with Gasteiger partial charge in [0.15, 0.2) is 5.96 Å². The van der Waals surface area contributed by atoms with E-state index in [1.807, 2.05) is 30.3 Å². The number of rotatable bonds is 6. The molecule has 1 aliphatic rings. The third-order valence-electron chi connectivity index (χ3n) is 5.65. The molecule has 0 bridgehead atoms. The largest absolute Gasteiger partial charge is 0.371 e. The summed E-state index contributed by atoms with van der Waals surface area (Å²) in [6, 6.07) is 13.8. The first-order valence-electron chi connectivity index (χ1n) is 10.6. The Balaban J connectivity index is 0.00000363. The lowest BCUT2D eigenvalue weighted by Crippen LogP contribution is -2.40. The van der Waals surface area contributed by atoms with Crippen molar-refractivity contribution in [1.29, 1.82) is 0 Å². The van der Waals surface area contributed by atoms with Crippen molar-refractivity contribution in [1.82, 2.24) is 15.5 Å². The maximum atomic E-state index is 12.0. The number of benzene rings is 2. The maximum absolute atomic E-state index is 12.0. The van der Waals surface area contributed by atoms with Crippen molar-refractivity contribution in [3.8, 4) is 0 Å². The number of halogens is 2. The highest BCUT2D eigenvalue weighted by Gasteiger charge is 2.24. The van der Waals surface area contributed by atoms with E-state index in [0.717, 1.165) is 42.6 Å². The number of amides is 1. The van der Waals surface area contributed by atoms with Gasteiger partial charge < -0.3 is 20.4 Å². The average molecular weight is 570 g/mol. The molecule has 2 N–H and O–H groups in total. The minimum atomic E-state index is 0. The molecule has 2 aromatic rings. The quantitative estimate of drug-likeness (QED) is 0.312. The first-order valence-corrected chi connectivity index (χ1v) is 11.0. The predicted octanol–water partition coefficient (Wildman–Crippen LogP) is 4.16. The number of carbonyl (C=O) groups excluding carboxylic acids is 1. The van der Waals surface area contributed by atoms with Gasteiger partial charge in [-0.25, -0.2) is 0 Å². The van der Waals surface area contributed by atoms with Crippen molar-refractivity contribution >= 4 is 53.1 Å². The Bertz CT molecular complexity index is 932. The van der Waals surface area contributed by atoms with Gasteiger partial charge in [-0.3, -0.25) is 9.79 Å². The monoisotopic (exact) mass is 569 g/mol. The molecule has 1 heterocycles. The molecule has 174 valence electrons. The fraction of sp³-hybridized carbons (Fsp3) is 0.417. The Morgan fingerprint density at radius 2 is 1.91 bits per heavy atom. The van der Waals surface area contributed by atoms with Crippen molar-refractivity contribution in [3.05, 3.63) is 64.2 Å². The Labute approximate surface area is 213 Å². The summed E-state index contributed by atoms with van der Waals surface area (Å²) in [6.07, 6.45) is 1.14. The maximum Gasteiger partial charge on any atom is 0.253 e. The van der Waals surface area contributed by atoms with Gasteiger partial charge in [0.05, 0.1) is 0 Å². The van der Waals surface area contributed by atoms with Crippen LogP contribution in [0.25, 0.3) is 0 Å². The van der Waals surface area contributed by atoms with Crippen molar-refractivity contribution in [2.24, 2.45) is 10.9 Å². The van der Waals surface area contributed by atoms with Gasteiger partial charge in [0, 0.05) is 63.6 Å². The lowest BCUT2D eigenvalue weighted by atomic mass is 10.1. The number of carbonyl (C=O) groups is 1. The summed E-state index contributed by atoms with van der Waals surface area (Å²) in [5, 5.41) is 7.59. The highest BCUT2D eigenvalue weighted by Crippen LogP contribution is 2.29. The summed E-state index contributed by atoms with van der Waals surface area (Å²) in [7, 11) is 5.30. The first-order chi connectivity index (χ1) is 14.9. The lowest BCUT2D eigenvalue weighted by Gasteiger charge is -2.21. The Kier molecular flexibility index (Phi) is 10.1. The Morgan fingerprint density at radius 1 is 1.19 bits per heavy atom. The molecule has 0 radical (unpaired) electrons. The molecular weight excluding hydrogens is 537 g/mol. The molecule has 6 nitrogen and oxygen atoms in total. The molecule has 1 aliphatic heterocycles. The van der Waals surface area contributed by atoms with Crippen molar-refractivity contribution < 1.29 is 4.79 Å². The molecule has 1 atom stereocenters. The van der Waals surface area contributed by atoms with Gasteiger partial charge in [-0.2, -0.15) is 0 Å². The number of hydrogen-bond donors (Lipinski definition) is 2. The minimum Gasteiger partial charge on any atom is -0.371 e. The van der Waals surface area contributed by atoms with Crippen molar-refractivity contribution in [2.45, 2.75) is 19.9 Å². The van der Waals surface area contributed by atoms with Crippen molar-refractivity contribution in [3.63, 3.8) is 0 Å². The molecule has 3 rings (SSSR count). The number of anilines is 1. The summed E-state index contributed by atoms with van der Waals surface area (Å²) in [5.41, 5.74) is 4.28. The molecule has 0 aromatic heterocycles. The van der Waals surface area contributed by atoms with Gasteiger partial charge in [0.1, 0.15) is 0 Å². The van der Waals surface area contributed by atoms with Gasteiger partial charge >= 0.3 is 0 Å². The fourth-order valence-electron chi connectivity index (χ4n) is 3.81. The van der Waals surface area contributed by atoms with Crippen LogP contribution in [-0.4, -0.2) is 57.5 Å². The van der Waals surface area contributed by atoms with Crippen LogP contribution >= 0.6 is 35.6 Å². The molecule has 1 unspecified atom stereocenters. The summed E-state index contributed by atoms with van der Waals surface area (Å²) in [4.78, 5) is 20.3. The molecule has 32 heavy (non-hydrogen) atoms. The topological polar surface area (TPSA) is 60.0 Å². The zero-order chi connectivity index (χ0) is 22.4. The van der Waals surface area contributed by atoms with Crippen LogP contribution in [0.15, 0.2) is 47.5 Å². The van der Waals surface area contributed by atoms with Crippen LogP contribution in [0.5, 0.6) is 0 Å². The third-order valence-corrected chi connectivity index (χ3v) is 5.88. The van der Waals surface area contributed by atoms with E-state index >= 15 is 0 Å². The summed E-state index contributed by atoms with van der Waals surface area (Å²) < 4.78 is 0. The molecule has 2 aromatic carbocycles. The molecule has 1 saturated heterocycles. The van der Waals surface area contributed by atoms with E-state index in [1.165, 1.54) is 11.3 Å². The van der Waals surface area contributed by atoms with Gasteiger partial charge in [-0.15, -0.1) is 24.0 Å². The predicted molar refractivity (Wildman–Crippen MR) is 145 cm³/mol.